The van der Waals surface area contributed by atoms with E-state index in [1.54, 1.807) is 6.07 Å². The number of anilines is 1. The van der Waals surface area contributed by atoms with Gasteiger partial charge in [0.25, 0.3) is 5.69 Å². The summed E-state index contributed by atoms with van der Waals surface area (Å²) in [6, 6.07) is 5.05. The summed E-state index contributed by atoms with van der Waals surface area (Å²) in [5.41, 5.74) is 0.878. The third kappa shape index (κ3) is 3.16. The molecule has 0 radical (unpaired) electrons. The molecule has 0 bridgehead atoms. The lowest BCUT2D eigenvalue weighted by molar-refractivity contribution is -0.384. The first kappa shape index (κ1) is 13.6. The number of nitro benzene ring substituents is 1. The van der Waals surface area contributed by atoms with Crippen molar-refractivity contribution in [2.24, 2.45) is 5.92 Å². The fourth-order valence-electron chi connectivity index (χ4n) is 2.73. The number of nitrogens with one attached hydrogen (secondary N) is 1. The Labute approximate surface area is 113 Å². The van der Waals surface area contributed by atoms with Crippen LogP contribution in [0.5, 0.6) is 5.75 Å². The molecule has 1 aromatic carbocycles. The number of rotatable bonds is 5. The number of nitrogens with zero attached hydrogens (tertiary/aromatic N) is 1. The third-order valence-corrected chi connectivity index (χ3v) is 3.89. The van der Waals surface area contributed by atoms with Crippen LogP contribution < -0.4 is 10.1 Å². The van der Waals surface area contributed by atoms with Crippen molar-refractivity contribution in [1.29, 1.82) is 0 Å². The smallest absolute Gasteiger partial charge is 0.273 e. The largest absolute Gasteiger partial charge is 0.494 e. The van der Waals surface area contributed by atoms with Crippen LogP contribution >= 0.6 is 0 Å². The van der Waals surface area contributed by atoms with Crippen molar-refractivity contribution in [3.8, 4) is 5.75 Å². The molecule has 0 saturated heterocycles. The molecule has 0 spiro atoms. The van der Waals surface area contributed by atoms with E-state index >= 15 is 0 Å². The van der Waals surface area contributed by atoms with E-state index < -0.39 is 4.92 Å². The zero-order chi connectivity index (χ0) is 13.8. The predicted octanol–water partition coefficient (Wildman–Crippen LogP) is 3.59. The van der Waals surface area contributed by atoms with Gasteiger partial charge in [0, 0.05) is 12.1 Å². The van der Waals surface area contributed by atoms with Gasteiger partial charge in [0.1, 0.15) is 5.75 Å². The summed E-state index contributed by atoms with van der Waals surface area (Å²) < 4.78 is 5.23. The molecule has 1 atom stereocenters. The number of nitro groups is 1. The molecule has 5 heteroatoms. The summed E-state index contributed by atoms with van der Waals surface area (Å²) in [5.74, 6) is 1.21. The molecule has 1 aromatic rings. The maximum absolute atomic E-state index is 10.7. The van der Waals surface area contributed by atoms with Crippen molar-refractivity contribution in [2.75, 3.05) is 12.4 Å². The standard InChI is InChI=1S/C14H20N2O3/c1-10(11-5-3-4-6-11)15-13-8-7-12(16(17)18)9-14(13)19-2/h7-11,15H,3-6H2,1-2H3. The van der Waals surface area contributed by atoms with Crippen LogP contribution in [0.3, 0.4) is 0 Å². The van der Waals surface area contributed by atoms with Crippen molar-refractivity contribution in [3.05, 3.63) is 28.3 Å². The zero-order valence-corrected chi connectivity index (χ0v) is 11.4. The minimum atomic E-state index is -0.410. The number of hydrogen-bond donors (Lipinski definition) is 1. The first-order chi connectivity index (χ1) is 9.11. The van der Waals surface area contributed by atoms with Crippen LogP contribution in [0.2, 0.25) is 0 Å². The van der Waals surface area contributed by atoms with E-state index in [0.717, 1.165) is 5.69 Å². The molecule has 5 nitrogen and oxygen atoms in total. The third-order valence-electron chi connectivity index (χ3n) is 3.89. The fourth-order valence-corrected chi connectivity index (χ4v) is 2.73. The summed E-state index contributed by atoms with van der Waals surface area (Å²) in [5, 5.41) is 14.2. The Balaban J connectivity index is 2.12. The second-order valence-corrected chi connectivity index (χ2v) is 5.12. The van der Waals surface area contributed by atoms with Crippen LogP contribution in [0.15, 0.2) is 18.2 Å². The van der Waals surface area contributed by atoms with Gasteiger partial charge in [-0.05, 0) is 31.7 Å². The van der Waals surface area contributed by atoms with Crippen molar-refractivity contribution >= 4 is 11.4 Å². The summed E-state index contributed by atoms with van der Waals surface area (Å²) in [6.07, 6.45) is 5.11. The number of ether oxygens (including phenoxy) is 1. The van der Waals surface area contributed by atoms with Gasteiger partial charge < -0.3 is 10.1 Å². The van der Waals surface area contributed by atoms with Gasteiger partial charge in [-0.15, -0.1) is 0 Å². The van der Waals surface area contributed by atoms with E-state index in [9.17, 15) is 10.1 Å². The molecule has 1 aliphatic carbocycles. The number of methoxy groups -OCH3 is 1. The molecule has 0 amide bonds. The van der Waals surface area contributed by atoms with Crippen LogP contribution in [-0.4, -0.2) is 18.1 Å². The number of benzene rings is 1. The summed E-state index contributed by atoms with van der Waals surface area (Å²) >= 11 is 0. The van der Waals surface area contributed by atoms with E-state index in [-0.39, 0.29) is 5.69 Å². The minimum absolute atomic E-state index is 0.0518. The summed E-state index contributed by atoms with van der Waals surface area (Å²) in [6.45, 7) is 2.16. The van der Waals surface area contributed by atoms with E-state index in [2.05, 4.69) is 12.2 Å². The SMILES string of the molecule is COc1cc([N+](=O)[O-])ccc1NC(C)C1CCCC1. The molecular weight excluding hydrogens is 244 g/mol. The van der Waals surface area contributed by atoms with Gasteiger partial charge in [-0.3, -0.25) is 10.1 Å². The molecule has 0 heterocycles. The minimum Gasteiger partial charge on any atom is -0.494 e. The molecule has 1 N–H and O–H groups in total. The van der Waals surface area contributed by atoms with Crippen molar-refractivity contribution in [3.63, 3.8) is 0 Å². The second-order valence-electron chi connectivity index (χ2n) is 5.12. The van der Waals surface area contributed by atoms with E-state index in [0.29, 0.717) is 17.7 Å². The van der Waals surface area contributed by atoms with Gasteiger partial charge in [-0.25, -0.2) is 0 Å². The first-order valence-corrected chi connectivity index (χ1v) is 6.71. The van der Waals surface area contributed by atoms with Gasteiger partial charge in [0.2, 0.25) is 0 Å². The highest BCUT2D eigenvalue weighted by Gasteiger charge is 2.22. The molecule has 1 aliphatic rings. The first-order valence-electron chi connectivity index (χ1n) is 6.71. The Bertz CT molecular complexity index is 456. The Morgan fingerprint density at radius 3 is 2.68 bits per heavy atom. The normalized spacial score (nSPS) is 17.2. The predicted molar refractivity (Wildman–Crippen MR) is 74.7 cm³/mol. The maximum Gasteiger partial charge on any atom is 0.273 e. The Hall–Kier alpha value is -1.78. The molecule has 104 valence electrons. The Morgan fingerprint density at radius 1 is 1.42 bits per heavy atom. The zero-order valence-electron chi connectivity index (χ0n) is 11.4. The van der Waals surface area contributed by atoms with Crippen LogP contribution in [0.4, 0.5) is 11.4 Å². The average Bonchev–Trinajstić information content (AvgIpc) is 2.92. The highest BCUT2D eigenvalue weighted by Crippen LogP contribution is 2.33. The molecule has 2 rings (SSSR count). The number of hydrogen-bond acceptors (Lipinski definition) is 4. The summed E-state index contributed by atoms with van der Waals surface area (Å²) in [7, 11) is 1.53. The highest BCUT2D eigenvalue weighted by molar-refractivity contribution is 5.61. The van der Waals surface area contributed by atoms with Crippen molar-refractivity contribution in [1.82, 2.24) is 0 Å². The van der Waals surface area contributed by atoms with E-state index in [1.807, 2.05) is 0 Å². The lowest BCUT2D eigenvalue weighted by Gasteiger charge is -2.22. The van der Waals surface area contributed by atoms with Gasteiger partial charge in [-0.2, -0.15) is 0 Å². The van der Waals surface area contributed by atoms with E-state index in [4.69, 9.17) is 4.74 Å². The lowest BCUT2D eigenvalue weighted by atomic mass is 9.99. The number of non-ortho nitro benzene ring substituents is 1. The Morgan fingerprint density at radius 2 is 2.11 bits per heavy atom. The molecule has 0 aliphatic heterocycles. The monoisotopic (exact) mass is 264 g/mol. The fraction of sp³-hybridized carbons (Fsp3) is 0.571. The van der Waals surface area contributed by atoms with E-state index in [1.165, 1.54) is 44.9 Å². The quantitative estimate of drug-likeness (QED) is 0.652. The van der Waals surface area contributed by atoms with Crippen LogP contribution in [0.1, 0.15) is 32.6 Å². The topological polar surface area (TPSA) is 64.4 Å². The summed E-state index contributed by atoms with van der Waals surface area (Å²) in [4.78, 5) is 10.3. The lowest BCUT2D eigenvalue weighted by Crippen LogP contribution is -2.24. The molecule has 1 fully saturated rings. The van der Waals surface area contributed by atoms with Crippen LogP contribution in [0.25, 0.3) is 0 Å². The van der Waals surface area contributed by atoms with Gasteiger partial charge in [0.15, 0.2) is 0 Å². The van der Waals surface area contributed by atoms with Gasteiger partial charge >= 0.3 is 0 Å². The molecule has 1 unspecified atom stereocenters. The van der Waals surface area contributed by atoms with Gasteiger partial charge in [0.05, 0.1) is 23.8 Å². The average molecular weight is 264 g/mol. The molecule has 19 heavy (non-hydrogen) atoms. The van der Waals surface area contributed by atoms with Gasteiger partial charge in [-0.1, -0.05) is 12.8 Å². The second kappa shape index (κ2) is 5.91. The Kier molecular flexibility index (Phi) is 4.24. The molecule has 1 saturated carbocycles. The maximum atomic E-state index is 10.7. The highest BCUT2D eigenvalue weighted by atomic mass is 16.6. The molecular formula is C14H20N2O3. The van der Waals surface area contributed by atoms with Crippen LogP contribution in [-0.2, 0) is 0 Å². The van der Waals surface area contributed by atoms with Crippen molar-refractivity contribution < 1.29 is 9.66 Å². The molecule has 0 aromatic heterocycles. The van der Waals surface area contributed by atoms with Crippen molar-refractivity contribution in [2.45, 2.75) is 38.6 Å². The van der Waals surface area contributed by atoms with Crippen LogP contribution in [0, 0.1) is 16.0 Å².